The van der Waals surface area contributed by atoms with Gasteiger partial charge >= 0.3 is 5.97 Å². The topological polar surface area (TPSA) is 64.0 Å². The molecule has 7 nitrogen and oxygen atoms in total. The minimum atomic E-state index is -0.348. The molecular formula is C25H33N3O4. The lowest BCUT2D eigenvalue weighted by atomic mass is 10.1. The van der Waals surface area contributed by atoms with E-state index in [0.29, 0.717) is 25.3 Å². The van der Waals surface area contributed by atoms with Crippen LogP contribution < -0.4 is 9.64 Å². The molecule has 0 radical (unpaired) electrons. The van der Waals surface area contributed by atoms with Gasteiger partial charge in [-0.1, -0.05) is 6.07 Å². The number of benzene rings is 1. The van der Waals surface area contributed by atoms with E-state index in [1.165, 1.54) is 0 Å². The van der Waals surface area contributed by atoms with Crippen LogP contribution in [0.25, 0.3) is 6.08 Å². The van der Waals surface area contributed by atoms with Crippen LogP contribution >= 0.6 is 0 Å². The van der Waals surface area contributed by atoms with Crippen molar-refractivity contribution in [1.29, 1.82) is 0 Å². The number of esters is 1. The number of nitrogens with zero attached hydrogens (tertiary/aromatic N) is 3. The molecule has 1 fully saturated rings. The number of carbonyl (C=O) groups is 2. The molecule has 0 unspecified atom stereocenters. The quantitative estimate of drug-likeness (QED) is 0.487. The first-order chi connectivity index (χ1) is 15.4. The van der Waals surface area contributed by atoms with Crippen molar-refractivity contribution in [3.63, 3.8) is 0 Å². The Morgan fingerprint density at radius 2 is 1.78 bits per heavy atom. The molecule has 0 N–H and O–H groups in total. The Morgan fingerprint density at radius 1 is 1.06 bits per heavy atom. The highest BCUT2D eigenvalue weighted by Gasteiger charge is 2.23. The van der Waals surface area contributed by atoms with Crippen LogP contribution in [0.4, 0.5) is 5.69 Å². The minimum absolute atomic E-state index is 0.0496. The van der Waals surface area contributed by atoms with Crippen molar-refractivity contribution in [2.75, 3.05) is 44.8 Å². The van der Waals surface area contributed by atoms with Crippen LogP contribution in [-0.4, -0.2) is 61.2 Å². The van der Waals surface area contributed by atoms with Crippen LogP contribution in [0.5, 0.6) is 5.75 Å². The van der Waals surface area contributed by atoms with E-state index in [1.54, 1.807) is 26.2 Å². The zero-order valence-electron chi connectivity index (χ0n) is 19.7. The van der Waals surface area contributed by atoms with Gasteiger partial charge in [-0.25, -0.2) is 4.79 Å². The summed E-state index contributed by atoms with van der Waals surface area (Å²) in [5.74, 6) is 0.428. The van der Waals surface area contributed by atoms with Gasteiger partial charge in [-0.2, -0.15) is 0 Å². The van der Waals surface area contributed by atoms with E-state index in [1.807, 2.05) is 43.9 Å². The average molecular weight is 440 g/mol. The second kappa shape index (κ2) is 10.4. The first kappa shape index (κ1) is 23.4. The summed E-state index contributed by atoms with van der Waals surface area (Å²) in [5, 5.41) is 0. The molecule has 2 heterocycles. The van der Waals surface area contributed by atoms with Crippen LogP contribution in [0, 0.1) is 13.8 Å². The smallest absolute Gasteiger partial charge is 0.340 e. The molecule has 1 aliphatic heterocycles. The molecule has 32 heavy (non-hydrogen) atoms. The minimum Gasteiger partial charge on any atom is -0.497 e. The normalized spacial score (nSPS) is 14.2. The van der Waals surface area contributed by atoms with Crippen LogP contribution in [0.1, 0.15) is 41.2 Å². The number of ether oxygens (including phenoxy) is 2. The van der Waals surface area contributed by atoms with Crippen LogP contribution in [-0.2, 0) is 16.1 Å². The molecule has 0 saturated carbocycles. The maximum absolute atomic E-state index is 12.9. The molecule has 1 aromatic carbocycles. The summed E-state index contributed by atoms with van der Waals surface area (Å²) in [4.78, 5) is 29.5. The third kappa shape index (κ3) is 4.82. The zero-order chi connectivity index (χ0) is 23.3. The molecule has 1 saturated heterocycles. The third-order valence-corrected chi connectivity index (χ3v) is 6.03. The third-order valence-electron chi connectivity index (χ3n) is 6.03. The number of hydrogen-bond acceptors (Lipinski definition) is 5. The molecule has 2 aromatic rings. The van der Waals surface area contributed by atoms with E-state index >= 15 is 0 Å². The summed E-state index contributed by atoms with van der Waals surface area (Å²) in [5.41, 5.74) is 4.21. The first-order valence-corrected chi connectivity index (χ1v) is 11.1. The number of hydrogen-bond donors (Lipinski definition) is 0. The molecule has 172 valence electrons. The van der Waals surface area contributed by atoms with Crippen molar-refractivity contribution in [2.45, 2.75) is 34.2 Å². The molecular weight excluding hydrogens is 406 g/mol. The van der Waals surface area contributed by atoms with Gasteiger partial charge in [0.05, 0.1) is 19.3 Å². The van der Waals surface area contributed by atoms with Crippen LogP contribution in [0.15, 0.2) is 30.3 Å². The second-order valence-electron chi connectivity index (χ2n) is 7.77. The first-order valence-electron chi connectivity index (χ1n) is 11.1. The van der Waals surface area contributed by atoms with Gasteiger partial charge in [0, 0.05) is 67.5 Å². The highest BCUT2D eigenvalue weighted by atomic mass is 16.5. The van der Waals surface area contributed by atoms with E-state index in [9.17, 15) is 9.59 Å². The Balaban J connectivity index is 1.71. The SMILES string of the molecule is CCOC(=O)c1c(/C=C/C(=O)N2CCN(c3cccc(OC)c3)CC2)c(C)n(CC)c1C. The fraction of sp³-hybridized carbons (Fsp3) is 0.440. The standard InChI is InChI=1S/C25H33N3O4/c1-6-28-18(3)22(24(19(28)4)25(30)32-7-2)11-12-23(29)27-15-13-26(14-16-27)20-9-8-10-21(17-20)31-5/h8-12,17H,6-7,13-16H2,1-5H3/b12-11+. The number of piperazine rings is 1. The highest BCUT2D eigenvalue weighted by molar-refractivity contribution is 5.99. The summed E-state index contributed by atoms with van der Waals surface area (Å²) < 4.78 is 12.6. The van der Waals surface area contributed by atoms with Crippen molar-refractivity contribution < 1.29 is 19.1 Å². The fourth-order valence-corrected chi connectivity index (χ4v) is 4.30. The molecule has 0 atom stereocenters. The Bertz CT molecular complexity index is 1000. The number of anilines is 1. The monoisotopic (exact) mass is 439 g/mol. The molecule has 1 aromatic heterocycles. The Morgan fingerprint density at radius 3 is 2.41 bits per heavy atom. The zero-order valence-corrected chi connectivity index (χ0v) is 19.7. The van der Waals surface area contributed by atoms with Crippen molar-refractivity contribution in [2.24, 2.45) is 0 Å². The van der Waals surface area contributed by atoms with Crippen LogP contribution in [0.2, 0.25) is 0 Å². The number of aromatic nitrogens is 1. The van der Waals surface area contributed by atoms with Gasteiger partial charge in [0.25, 0.3) is 0 Å². The lowest BCUT2D eigenvalue weighted by Gasteiger charge is -2.35. The van der Waals surface area contributed by atoms with Gasteiger partial charge in [-0.05, 0) is 45.9 Å². The van der Waals surface area contributed by atoms with Gasteiger partial charge in [0.1, 0.15) is 5.75 Å². The van der Waals surface area contributed by atoms with Gasteiger partial charge in [0.2, 0.25) is 5.91 Å². The van der Waals surface area contributed by atoms with E-state index in [2.05, 4.69) is 15.5 Å². The predicted molar refractivity (Wildman–Crippen MR) is 126 cm³/mol. The number of amides is 1. The molecule has 1 amide bonds. The highest BCUT2D eigenvalue weighted by Crippen LogP contribution is 2.25. The van der Waals surface area contributed by atoms with E-state index in [0.717, 1.165) is 48.0 Å². The largest absolute Gasteiger partial charge is 0.497 e. The Hall–Kier alpha value is -3.22. The maximum Gasteiger partial charge on any atom is 0.340 e. The number of carbonyl (C=O) groups excluding carboxylic acids is 2. The summed E-state index contributed by atoms with van der Waals surface area (Å²) >= 11 is 0. The van der Waals surface area contributed by atoms with Crippen molar-refractivity contribution in [1.82, 2.24) is 9.47 Å². The fourth-order valence-electron chi connectivity index (χ4n) is 4.30. The molecule has 3 rings (SSSR count). The van der Waals surface area contributed by atoms with Gasteiger partial charge in [-0.3, -0.25) is 4.79 Å². The van der Waals surface area contributed by atoms with Crippen molar-refractivity contribution in [3.05, 3.63) is 52.9 Å². The summed E-state index contributed by atoms with van der Waals surface area (Å²) in [6, 6.07) is 7.97. The predicted octanol–water partition coefficient (Wildman–Crippen LogP) is 3.67. The van der Waals surface area contributed by atoms with E-state index < -0.39 is 0 Å². The molecule has 0 aliphatic carbocycles. The number of rotatable bonds is 7. The van der Waals surface area contributed by atoms with Gasteiger partial charge < -0.3 is 23.8 Å². The lowest BCUT2D eigenvalue weighted by molar-refractivity contribution is -0.126. The molecule has 0 bridgehead atoms. The molecule has 1 aliphatic rings. The summed E-state index contributed by atoms with van der Waals surface area (Å²) in [6.45, 7) is 11.6. The second-order valence-corrected chi connectivity index (χ2v) is 7.77. The van der Waals surface area contributed by atoms with Gasteiger partial charge in [0.15, 0.2) is 0 Å². The van der Waals surface area contributed by atoms with Crippen molar-refractivity contribution >= 4 is 23.6 Å². The molecule has 0 spiro atoms. The van der Waals surface area contributed by atoms with Gasteiger partial charge in [-0.15, -0.1) is 0 Å². The molecule has 7 heteroatoms. The lowest BCUT2D eigenvalue weighted by Crippen LogP contribution is -2.48. The van der Waals surface area contributed by atoms with Crippen molar-refractivity contribution in [3.8, 4) is 5.75 Å². The number of methoxy groups -OCH3 is 1. The van der Waals surface area contributed by atoms with E-state index in [4.69, 9.17) is 9.47 Å². The van der Waals surface area contributed by atoms with E-state index in [-0.39, 0.29) is 11.9 Å². The maximum atomic E-state index is 12.9. The van der Waals surface area contributed by atoms with Crippen LogP contribution in [0.3, 0.4) is 0 Å². The summed E-state index contributed by atoms with van der Waals surface area (Å²) in [7, 11) is 1.66. The summed E-state index contributed by atoms with van der Waals surface area (Å²) in [6.07, 6.45) is 3.34. The Kier molecular flexibility index (Phi) is 7.62. The Labute approximate surface area is 190 Å². The average Bonchev–Trinajstić information content (AvgIpc) is 3.06.